The smallest absolute Gasteiger partial charge is 0.410 e. The summed E-state index contributed by atoms with van der Waals surface area (Å²) in [6, 6.07) is 0.124. The van der Waals surface area contributed by atoms with Crippen molar-refractivity contribution in [2.75, 3.05) is 32.8 Å². The maximum Gasteiger partial charge on any atom is 0.410 e. The average Bonchev–Trinajstić information content (AvgIpc) is 3.34. The Morgan fingerprint density at radius 1 is 1.29 bits per heavy atom. The molecule has 0 bridgehead atoms. The highest BCUT2D eigenvalue weighted by Gasteiger charge is 2.35. The number of nitrogens with zero attached hydrogens (tertiary/aromatic N) is 2. The van der Waals surface area contributed by atoms with Crippen molar-refractivity contribution in [3.05, 3.63) is 0 Å². The molecule has 7 nitrogen and oxygen atoms in total. The number of aliphatic hydroxyl groups is 1. The Morgan fingerprint density at radius 2 is 2.00 bits per heavy atom. The first-order valence-corrected chi connectivity index (χ1v) is 8.93. The number of piperidine rings is 1. The van der Waals surface area contributed by atoms with Crippen molar-refractivity contribution in [1.82, 2.24) is 15.1 Å². The van der Waals surface area contributed by atoms with Gasteiger partial charge in [-0.2, -0.15) is 0 Å². The molecule has 2 fully saturated rings. The summed E-state index contributed by atoms with van der Waals surface area (Å²) in [5, 5.41) is 12.1. The van der Waals surface area contributed by atoms with Gasteiger partial charge in [-0.05, 0) is 52.4 Å². The van der Waals surface area contributed by atoms with Gasteiger partial charge < -0.3 is 25.0 Å². The molecule has 24 heavy (non-hydrogen) atoms. The predicted octanol–water partition coefficient (Wildman–Crippen LogP) is 1.80. The number of likely N-dealkylation sites (tertiary alicyclic amines) is 1. The van der Waals surface area contributed by atoms with Crippen molar-refractivity contribution in [1.29, 1.82) is 0 Å². The van der Waals surface area contributed by atoms with Gasteiger partial charge in [-0.3, -0.25) is 0 Å². The van der Waals surface area contributed by atoms with E-state index in [9.17, 15) is 14.7 Å². The van der Waals surface area contributed by atoms with Crippen molar-refractivity contribution in [2.45, 2.75) is 58.1 Å². The highest BCUT2D eigenvalue weighted by molar-refractivity contribution is 5.74. The highest BCUT2D eigenvalue weighted by Crippen LogP contribution is 2.28. The number of nitrogens with one attached hydrogen (secondary N) is 1. The summed E-state index contributed by atoms with van der Waals surface area (Å²) in [5.74, 6) is 0.175. The Bertz CT molecular complexity index is 446. The van der Waals surface area contributed by atoms with E-state index in [1.807, 2.05) is 20.8 Å². The first-order valence-electron chi connectivity index (χ1n) is 8.93. The summed E-state index contributed by atoms with van der Waals surface area (Å²) in [5.41, 5.74) is -0.513. The molecule has 1 saturated carbocycles. The van der Waals surface area contributed by atoms with Gasteiger partial charge in [-0.15, -0.1) is 0 Å². The van der Waals surface area contributed by atoms with Gasteiger partial charge in [0.15, 0.2) is 0 Å². The molecule has 2 N–H and O–H groups in total. The lowest BCUT2D eigenvalue weighted by Gasteiger charge is -2.32. The Morgan fingerprint density at radius 3 is 2.58 bits per heavy atom. The van der Waals surface area contributed by atoms with E-state index in [4.69, 9.17) is 4.74 Å². The second kappa shape index (κ2) is 8.05. The monoisotopic (exact) mass is 341 g/mol. The largest absolute Gasteiger partial charge is 0.444 e. The topological polar surface area (TPSA) is 82.1 Å². The molecule has 1 heterocycles. The van der Waals surface area contributed by atoms with E-state index < -0.39 is 5.60 Å². The van der Waals surface area contributed by atoms with Gasteiger partial charge in [-0.25, -0.2) is 9.59 Å². The second-order valence-electron chi connectivity index (χ2n) is 7.77. The van der Waals surface area contributed by atoms with E-state index in [0.29, 0.717) is 19.6 Å². The molecule has 3 amide bonds. The Kier molecular flexibility index (Phi) is 6.32. The number of hydrogen-bond acceptors (Lipinski definition) is 4. The molecule has 0 aromatic heterocycles. The number of amides is 3. The molecule has 1 atom stereocenters. The summed E-state index contributed by atoms with van der Waals surface area (Å²) >= 11 is 0. The maximum absolute atomic E-state index is 12.3. The molecule has 0 spiro atoms. The zero-order valence-electron chi connectivity index (χ0n) is 15.1. The Balaban J connectivity index is 1.76. The number of aliphatic hydroxyl groups excluding tert-OH is 1. The fourth-order valence-electron chi connectivity index (χ4n) is 2.92. The number of ether oxygens (including phenoxy) is 1. The number of hydrogen-bond donors (Lipinski definition) is 2. The van der Waals surface area contributed by atoms with Crippen LogP contribution in [0.2, 0.25) is 0 Å². The molecule has 7 heteroatoms. The van der Waals surface area contributed by atoms with Crippen LogP contribution >= 0.6 is 0 Å². The third-order valence-corrected chi connectivity index (χ3v) is 4.31. The highest BCUT2D eigenvalue weighted by atomic mass is 16.6. The molecule has 0 unspecified atom stereocenters. The van der Waals surface area contributed by atoms with Crippen LogP contribution in [0.25, 0.3) is 0 Å². The van der Waals surface area contributed by atoms with E-state index in [1.165, 1.54) is 0 Å². The molecule has 1 aliphatic carbocycles. The van der Waals surface area contributed by atoms with Gasteiger partial charge in [-0.1, -0.05) is 0 Å². The summed E-state index contributed by atoms with van der Waals surface area (Å²) in [6.45, 7) is 7.87. The second-order valence-corrected chi connectivity index (χ2v) is 7.77. The van der Waals surface area contributed by atoms with Crippen molar-refractivity contribution in [3.63, 3.8) is 0 Å². The molecule has 0 aromatic rings. The third-order valence-electron chi connectivity index (χ3n) is 4.31. The minimum absolute atomic E-state index is 0.118. The lowest BCUT2D eigenvalue weighted by atomic mass is 9.99. The molecule has 138 valence electrons. The SMILES string of the molecule is CC(C)(C)OC(=O)N(CCNC(=O)N1CCC[C@H](CO)C1)C1CC1. The van der Waals surface area contributed by atoms with E-state index in [0.717, 1.165) is 32.2 Å². The van der Waals surface area contributed by atoms with Crippen molar-refractivity contribution in [3.8, 4) is 0 Å². The van der Waals surface area contributed by atoms with Crippen LogP contribution < -0.4 is 5.32 Å². The first kappa shape index (κ1) is 18.8. The summed E-state index contributed by atoms with van der Waals surface area (Å²) < 4.78 is 5.44. The average molecular weight is 341 g/mol. The van der Waals surface area contributed by atoms with E-state index >= 15 is 0 Å². The molecule has 2 rings (SSSR count). The van der Waals surface area contributed by atoms with E-state index in [2.05, 4.69) is 5.32 Å². The standard InChI is InChI=1S/C17H31N3O4/c1-17(2,3)24-16(23)20(14-6-7-14)10-8-18-15(22)19-9-4-5-13(11-19)12-21/h13-14,21H,4-12H2,1-3H3,(H,18,22)/t13-/m0/s1. The van der Waals surface area contributed by atoms with Crippen LogP contribution in [0, 0.1) is 5.92 Å². The van der Waals surface area contributed by atoms with Crippen LogP contribution in [-0.2, 0) is 4.74 Å². The third kappa shape index (κ3) is 5.85. The fraction of sp³-hybridized carbons (Fsp3) is 0.882. The van der Waals surface area contributed by atoms with Gasteiger partial charge in [0.1, 0.15) is 5.60 Å². The number of carbonyl (C=O) groups excluding carboxylic acids is 2. The van der Waals surface area contributed by atoms with Crippen molar-refractivity contribution in [2.24, 2.45) is 5.92 Å². The van der Waals surface area contributed by atoms with Crippen molar-refractivity contribution >= 4 is 12.1 Å². The zero-order chi connectivity index (χ0) is 17.7. The number of carbonyl (C=O) groups is 2. The minimum Gasteiger partial charge on any atom is -0.444 e. The lowest BCUT2D eigenvalue weighted by Crippen LogP contribution is -2.48. The van der Waals surface area contributed by atoms with Gasteiger partial charge in [0.25, 0.3) is 0 Å². The van der Waals surface area contributed by atoms with Crippen LogP contribution in [0.4, 0.5) is 9.59 Å². The molecule has 2 aliphatic rings. The molecular formula is C17H31N3O4. The summed E-state index contributed by atoms with van der Waals surface area (Å²) in [4.78, 5) is 27.9. The first-order chi connectivity index (χ1) is 11.3. The van der Waals surface area contributed by atoms with Crippen LogP contribution in [0.1, 0.15) is 46.5 Å². The minimum atomic E-state index is -0.513. The van der Waals surface area contributed by atoms with Crippen molar-refractivity contribution < 1.29 is 19.4 Å². The quantitative estimate of drug-likeness (QED) is 0.799. The number of urea groups is 1. The summed E-state index contributed by atoms with van der Waals surface area (Å²) in [6.07, 6.45) is 3.58. The van der Waals surface area contributed by atoms with Gasteiger partial charge >= 0.3 is 12.1 Å². The predicted molar refractivity (Wildman–Crippen MR) is 90.7 cm³/mol. The normalized spacial score (nSPS) is 21.3. The maximum atomic E-state index is 12.3. The molecule has 0 radical (unpaired) electrons. The molecule has 1 saturated heterocycles. The number of rotatable bonds is 5. The van der Waals surface area contributed by atoms with E-state index in [-0.39, 0.29) is 30.7 Å². The zero-order valence-corrected chi connectivity index (χ0v) is 15.1. The van der Waals surface area contributed by atoms with Gasteiger partial charge in [0, 0.05) is 38.8 Å². The van der Waals surface area contributed by atoms with E-state index in [1.54, 1.807) is 9.80 Å². The Hall–Kier alpha value is -1.50. The van der Waals surface area contributed by atoms with Crippen LogP contribution in [0.3, 0.4) is 0 Å². The fourth-order valence-corrected chi connectivity index (χ4v) is 2.92. The molecule has 1 aliphatic heterocycles. The Labute approximate surface area is 144 Å². The molecular weight excluding hydrogens is 310 g/mol. The van der Waals surface area contributed by atoms with Crippen LogP contribution in [0.5, 0.6) is 0 Å². The van der Waals surface area contributed by atoms with Gasteiger partial charge in [0.2, 0.25) is 0 Å². The van der Waals surface area contributed by atoms with Crippen LogP contribution in [-0.4, -0.2) is 71.5 Å². The van der Waals surface area contributed by atoms with Crippen LogP contribution in [0.15, 0.2) is 0 Å². The summed E-state index contributed by atoms with van der Waals surface area (Å²) in [7, 11) is 0. The lowest BCUT2D eigenvalue weighted by molar-refractivity contribution is 0.0235. The van der Waals surface area contributed by atoms with Gasteiger partial charge in [0.05, 0.1) is 0 Å². The molecule has 0 aromatic carbocycles.